The van der Waals surface area contributed by atoms with Crippen molar-refractivity contribution in [1.82, 2.24) is 4.98 Å². The molecule has 2 rings (SSSR count). The molecule has 20 heavy (non-hydrogen) atoms. The molecular formula is C15H17N3O2. The van der Waals surface area contributed by atoms with Crippen molar-refractivity contribution in [3.8, 4) is 0 Å². The zero-order valence-corrected chi connectivity index (χ0v) is 11.7. The van der Waals surface area contributed by atoms with Crippen LogP contribution in [0.15, 0.2) is 30.3 Å². The molecule has 0 aliphatic carbocycles. The molecule has 0 saturated heterocycles. The number of esters is 1. The van der Waals surface area contributed by atoms with Crippen LogP contribution >= 0.6 is 0 Å². The van der Waals surface area contributed by atoms with Gasteiger partial charge in [0.15, 0.2) is 11.5 Å². The van der Waals surface area contributed by atoms with Crippen molar-refractivity contribution >= 4 is 23.2 Å². The van der Waals surface area contributed by atoms with E-state index in [-0.39, 0.29) is 5.69 Å². The van der Waals surface area contributed by atoms with Gasteiger partial charge in [-0.25, -0.2) is 9.78 Å². The molecule has 5 heteroatoms. The molecule has 0 aliphatic heterocycles. The van der Waals surface area contributed by atoms with E-state index in [1.807, 2.05) is 32.0 Å². The molecule has 3 N–H and O–H groups in total. The number of hydrogen-bond donors (Lipinski definition) is 2. The number of nitrogens with one attached hydrogen (secondary N) is 1. The van der Waals surface area contributed by atoms with E-state index in [9.17, 15) is 4.79 Å². The second-order valence-electron chi connectivity index (χ2n) is 4.57. The van der Waals surface area contributed by atoms with E-state index in [0.717, 1.165) is 16.8 Å². The molecule has 0 unspecified atom stereocenters. The van der Waals surface area contributed by atoms with E-state index in [4.69, 9.17) is 5.73 Å². The zero-order chi connectivity index (χ0) is 14.7. The van der Waals surface area contributed by atoms with Crippen LogP contribution in [0.4, 0.5) is 17.2 Å². The van der Waals surface area contributed by atoms with Crippen molar-refractivity contribution in [1.29, 1.82) is 0 Å². The van der Waals surface area contributed by atoms with Crippen LogP contribution < -0.4 is 11.1 Å². The van der Waals surface area contributed by atoms with E-state index in [0.29, 0.717) is 11.5 Å². The van der Waals surface area contributed by atoms with E-state index in [2.05, 4.69) is 15.0 Å². The fraction of sp³-hybridized carbons (Fsp3) is 0.200. The number of hydrogen-bond acceptors (Lipinski definition) is 5. The Kier molecular flexibility index (Phi) is 3.89. The third-order valence-electron chi connectivity index (χ3n) is 2.97. The van der Waals surface area contributed by atoms with Gasteiger partial charge in [0, 0.05) is 5.69 Å². The minimum Gasteiger partial charge on any atom is -0.464 e. The SMILES string of the molecule is COC(=O)c1ccc(N)c(Nc2cc(C)ccc2C)n1. The highest BCUT2D eigenvalue weighted by molar-refractivity contribution is 5.89. The third kappa shape index (κ3) is 2.88. The summed E-state index contributed by atoms with van der Waals surface area (Å²) in [6, 6.07) is 9.21. The van der Waals surface area contributed by atoms with E-state index in [1.54, 1.807) is 6.07 Å². The van der Waals surface area contributed by atoms with Crippen LogP contribution in [-0.2, 0) is 4.74 Å². The average Bonchev–Trinajstić information content (AvgIpc) is 2.44. The molecule has 0 spiro atoms. The average molecular weight is 271 g/mol. The smallest absolute Gasteiger partial charge is 0.356 e. The predicted molar refractivity (Wildman–Crippen MR) is 79.2 cm³/mol. The maximum atomic E-state index is 11.5. The first-order valence-electron chi connectivity index (χ1n) is 6.20. The standard InChI is InChI=1S/C15H17N3O2/c1-9-4-5-10(2)13(8-9)18-14-11(16)6-7-12(17-14)15(19)20-3/h4-8H,16H2,1-3H3,(H,17,18). The number of carbonyl (C=O) groups excluding carboxylic acids is 1. The summed E-state index contributed by atoms with van der Waals surface area (Å²) >= 11 is 0. The molecule has 1 heterocycles. The largest absolute Gasteiger partial charge is 0.464 e. The number of rotatable bonds is 3. The summed E-state index contributed by atoms with van der Waals surface area (Å²) in [5, 5.41) is 3.16. The maximum absolute atomic E-state index is 11.5. The van der Waals surface area contributed by atoms with Gasteiger partial charge in [0.25, 0.3) is 0 Å². The van der Waals surface area contributed by atoms with Crippen LogP contribution in [0.25, 0.3) is 0 Å². The molecule has 0 radical (unpaired) electrons. The minimum absolute atomic E-state index is 0.217. The normalized spacial score (nSPS) is 10.2. The quantitative estimate of drug-likeness (QED) is 0.839. The maximum Gasteiger partial charge on any atom is 0.356 e. The molecule has 0 saturated carbocycles. The number of aromatic nitrogens is 1. The van der Waals surface area contributed by atoms with Crippen molar-refractivity contribution in [2.45, 2.75) is 13.8 Å². The highest BCUT2D eigenvalue weighted by Gasteiger charge is 2.11. The molecule has 0 aliphatic rings. The van der Waals surface area contributed by atoms with Crippen molar-refractivity contribution in [2.75, 3.05) is 18.2 Å². The number of aryl methyl sites for hydroxylation is 2. The Morgan fingerprint density at radius 3 is 2.70 bits per heavy atom. The molecule has 2 aromatic rings. The molecule has 1 aromatic heterocycles. The number of anilines is 3. The van der Waals surface area contributed by atoms with Crippen molar-refractivity contribution in [3.05, 3.63) is 47.2 Å². The Hall–Kier alpha value is -2.56. The number of carbonyl (C=O) groups is 1. The highest BCUT2D eigenvalue weighted by Crippen LogP contribution is 2.24. The summed E-state index contributed by atoms with van der Waals surface area (Å²) in [4.78, 5) is 15.7. The van der Waals surface area contributed by atoms with Crippen LogP contribution in [0, 0.1) is 13.8 Å². The van der Waals surface area contributed by atoms with Crippen LogP contribution in [0.5, 0.6) is 0 Å². The van der Waals surface area contributed by atoms with Gasteiger partial charge in [-0.3, -0.25) is 0 Å². The van der Waals surface area contributed by atoms with Gasteiger partial charge in [0.05, 0.1) is 12.8 Å². The van der Waals surface area contributed by atoms with Gasteiger partial charge in [-0.2, -0.15) is 0 Å². The van der Waals surface area contributed by atoms with E-state index < -0.39 is 5.97 Å². The predicted octanol–water partition coefficient (Wildman–Crippen LogP) is 2.81. The van der Waals surface area contributed by atoms with Gasteiger partial charge < -0.3 is 15.8 Å². The lowest BCUT2D eigenvalue weighted by molar-refractivity contribution is 0.0594. The first kappa shape index (κ1) is 13.9. The lowest BCUT2D eigenvalue weighted by atomic mass is 10.1. The highest BCUT2D eigenvalue weighted by atomic mass is 16.5. The Balaban J connectivity index is 2.37. The van der Waals surface area contributed by atoms with Gasteiger partial charge in [0.1, 0.15) is 0 Å². The van der Waals surface area contributed by atoms with Crippen LogP contribution in [0.3, 0.4) is 0 Å². The Morgan fingerprint density at radius 1 is 1.25 bits per heavy atom. The van der Waals surface area contributed by atoms with Crippen molar-refractivity contribution in [2.24, 2.45) is 0 Å². The van der Waals surface area contributed by atoms with Gasteiger partial charge in [-0.1, -0.05) is 12.1 Å². The van der Waals surface area contributed by atoms with E-state index in [1.165, 1.54) is 13.2 Å². The lowest BCUT2D eigenvalue weighted by Gasteiger charge is -2.12. The summed E-state index contributed by atoms with van der Waals surface area (Å²) in [5.41, 5.74) is 9.68. The number of benzene rings is 1. The minimum atomic E-state index is -0.492. The molecule has 0 bridgehead atoms. The van der Waals surface area contributed by atoms with E-state index >= 15 is 0 Å². The summed E-state index contributed by atoms with van der Waals surface area (Å²) in [6.45, 7) is 3.99. The number of pyridine rings is 1. The molecule has 0 amide bonds. The lowest BCUT2D eigenvalue weighted by Crippen LogP contribution is -2.08. The topological polar surface area (TPSA) is 77.2 Å². The monoisotopic (exact) mass is 271 g/mol. The first-order chi connectivity index (χ1) is 9.51. The van der Waals surface area contributed by atoms with Crippen LogP contribution in [0.2, 0.25) is 0 Å². The molecule has 1 aromatic carbocycles. The fourth-order valence-corrected chi connectivity index (χ4v) is 1.79. The van der Waals surface area contributed by atoms with Gasteiger partial charge in [-0.15, -0.1) is 0 Å². The zero-order valence-electron chi connectivity index (χ0n) is 11.7. The molecule has 104 valence electrons. The van der Waals surface area contributed by atoms with Crippen molar-refractivity contribution < 1.29 is 9.53 Å². The number of methoxy groups -OCH3 is 1. The number of nitrogens with two attached hydrogens (primary N) is 1. The van der Waals surface area contributed by atoms with Crippen molar-refractivity contribution in [3.63, 3.8) is 0 Å². The summed E-state index contributed by atoms with van der Waals surface area (Å²) in [6.07, 6.45) is 0. The summed E-state index contributed by atoms with van der Waals surface area (Å²) in [7, 11) is 1.32. The second-order valence-corrected chi connectivity index (χ2v) is 4.57. The van der Waals surface area contributed by atoms with Crippen LogP contribution in [-0.4, -0.2) is 18.1 Å². The van der Waals surface area contributed by atoms with Gasteiger partial charge >= 0.3 is 5.97 Å². The first-order valence-corrected chi connectivity index (χ1v) is 6.20. The second kappa shape index (κ2) is 5.61. The summed E-state index contributed by atoms with van der Waals surface area (Å²) < 4.78 is 4.65. The Labute approximate surface area is 117 Å². The fourth-order valence-electron chi connectivity index (χ4n) is 1.79. The van der Waals surface area contributed by atoms with Gasteiger partial charge in [0.2, 0.25) is 0 Å². The summed E-state index contributed by atoms with van der Waals surface area (Å²) in [5.74, 6) is -0.0457. The molecule has 0 fully saturated rings. The van der Waals surface area contributed by atoms with Gasteiger partial charge in [-0.05, 0) is 43.2 Å². The number of nitrogens with zero attached hydrogens (tertiary/aromatic N) is 1. The Bertz CT molecular complexity index is 654. The third-order valence-corrected chi connectivity index (χ3v) is 2.97. The molecule has 0 atom stereocenters. The number of nitrogen functional groups attached to an aromatic ring is 1. The molecule has 5 nitrogen and oxygen atoms in total. The number of ether oxygens (including phenoxy) is 1. The molecular weight excluding hydrogens is 254 g/mol. The van der Waals surface area contributed by atoms with Crippen LogP contribution in [0.1, 0.15) is 21.6 Å². The Morgan fingerprint density at radius 2 is 2.00 bits per heavy atom.